The van der Waals surface area contributed by atoms with Gasteiger partial charge in [-0.15, -0.1) is 0 Å². The van der Waals surface area contributed by atoms with Crippen LogP contribution < -0.4 is 0 Å². The molecule has 1 heterocycles. The van der Waals surface area contributed by atoms with Crippen molar-refractivity contribution < 1.29 is 9.53 Å². The molecule has 3 rings (SSSR count). The summed E-state index contributed by atoms with van der Waals surface area (Å²) in [6.45, 7) is 8.81. The smallest absolute Gasteiger partial charge is 0.166 e. The van der Waals surface area contributed by atoms with Gasteiger partial charge in [0.2, 0.25) is 0 Å². The number of Topliss-reactive ketones (excluding diaryl/α,β-unsaturated/α-hetero) is 1. The molecule has 0 amide bonds. The molecule has 0 fully saturated rings. The second kappa shape index (κ2) is 6.67. The van der Waals surface area contributed by atoms with E-state index in [0.717, 1.165) is 49.9 Å². The van der Waals surface area contributed by atoms with Crippen LogP contribution in [0.15, 0.2) is 34.1 Å². The molecule has 0 aromatic carbocycles. The SMILES string of the molecule is CCCC1CC(=O)C2=C(C1)O[C@@H](C)CC1=C2[C@@H](CC)CC(C)=C1. The van der Waals surface area contributed by atoms with Gasteiger partial charge in [-0.2, -0.15) is 0 Å². The summed E-state index contributed by atoms with van der Waals surface area (Å²) in [5, 5.41) is 0. The zero-order valence-corrected chi connectivity index (χ0v) is 15.1. The number of ketones is 1. The summed E-state index contributed by atoms with van der Waals surface area (Å²) in [7, 11) is 0. The highest BCUT2D eigenvalue weighted by Gasteiger charge is 2.37. The van der Waals surface area contributed by atoms with Crippen molar-refractivity contribution in [2.45, 2.75) is 78.7 Å². The summed E-state index contributed by atoms with van der Waals surface area (Å²) < 4.78 is 6.27. The molecule has 0 radical (unpaired) electrons. The summed E-state index contributed by atoms with van der Waals surface area (Å²) in [6, 6.07) is 0. The number of ether oxygens (including phenoxy) is 1. The maximum atomic E-state index is 13.0. The van der Waals surface area contributed by atoms with E-state index < -0.39 is 0 Å². The third kappa shape index (κ3) is 3.18. The first-order valence-electron chi connectivity index (χ1n) is 9.37. The maximum Gasteiger partial charge on any atom is 0.166 e. The molecular weight excluding hydrogens is 284 g/mol. The molecule has 0 N–H and O–H groups in total. The van der Waals surface area contributed by atoms with Crippen molar-refractivity contribution in [2.24, 2.45) is 11.8 Å². The van der Waals surface area contributed by atoms with E-state index in [1.54, 1.807) is 0 Å². The lowest BCUT2D eigenvalue weighted by atomic mass is 9.73. The van der Waals surface area contributed by atoms with Crippen LogP contribution in [0.1, 0.15) is 72.6 Å². The van der Waals surface area contributed by atoms with Crippen molar-refractivity contribution in [1.82, 2.24) is 0 Å². The van der Waals surface area contributed by atoms with E-state index in [-0.39, 0.29) is 6.10 Å². The second-order valence-electron chi connectivity index (χ2n) is 7.66. The van der Waals surface area contributed by atoms with Crippen molar-refractivity contribution >= 4 is 5.78 Å². The Morgan fingerprint density at radius 3 is 2.65 bits per heavy atom. The first kappa shape index (κ1) is 16.5. The Bertz CT molecular complexity index is 591. The predicted octanol–water partition coefficient (Wildman–Crippen LogP) is 5.50. The highest BCUT2D eigenvalue weighted by molar-refractivity contribution is 6.01. The van der Waals surface area contributed by atoms with E-state index in [1.807, 2.05) is 0 Å². The van der Waals surface area contributed by atoms with E-state index in [9.17, 15) is 4.79 Å². The lowest BCUT2D eigenvalue weighted by molar-refractivity contribution is -0.117. The van der Waals surface area contributed by atoms with Crippen LogP contribution in [0.3, 0.4) is 0 Å². The van der Waals surface area contributed by atoms with Crippen molar-refractivity contribution in [2.75, 3.05) is 0 Å². The zero-order chi connectivity index (χ0) is 16.6. The molecule has 1 unspecified atom stereocenters. The molecule has 0 saturated carbocycles. The summed E-state index contributed by atoms with van der Waals surface area (Å²) in [6.07, 6.45) is 9.54. The average molecular weight is 314 g/mol. The number of hydrogen-bond donors (Lipinski definition) is 0. The lowest BCUT2D eigenvalue weighted by Gasteiger charge is -2.31. The average Bonchev–Trinajstić information content (AvgIpc) is 2.61. The fourth-order valence-corrected chi connectivity index (χ4v) is 4.64. The normalized spacial score (nSPS) is 31.2. The highest BCUT2D eigenvalue weighted by Crippen LogP contribution is 2.45. The number of carbonyl (C=O) groups is 1. The zero-order valence-electron chi connectivity index (χ0n) is 15.1. The Hall–Kier alpha value is -1.31. The number of carbonyl (C=O) groups excluding carboxylic acids is 1. The van der Waals surface area contributed by atoms with Gasteiger partial charge in [-0.05, 0) is 56.1 Å². The summed E-state index contributed by atoms with van der Waals surface area (Å²) in [5.74, 6) is 2.29. The van der Waals surface area contributed by atoms with Crippen LogP contribution in [0.5, 0.6) is 0 Å². The van der Waals surface area contributed by atoms with Gasteiger partial charge in [0.15, 0.2) is 5.78 Å². The van der Waals surface area contributed by atoms with Crippen molar-refractivity contribution in [3.63, 3.8) is 0 Å². The van der Waals surface area contributed by atoms with E-state index >= 15 is 0 Å². The van der Waals surface area contributed by atoms with Gasteiger partial charge in [0.1, 0.15) is 5.76 Å². The molecule has 23 heavy (non-hydrogen) atoms. The minimum atomic E-state index is 0.167. The van der Waals surface area contributed by atoms with Gasteiger partial charge in [0.05, 0.1) is 11.7 Å². The number of fused-ring (bicyclic) bond motifs is 1. The Labute approximate surface area is 140 Å². The quantitative estimate of drug-likeness (QED) is 0.687. The molecule has 3 atom stereocenters. The summed E-state index contributed by atoms with van der Waals surface area (Å²) in [4.78, 5) is 13.0. The molecule has 0 saturated heterocycles. The van der Waals surface area contributed by atoms with Crippen LogP contribution in [-0.4, -0.2) is 11.9 Å². The number of allylic oxidation sites excluding steroid dienone is 5. The maximum absolute atomic E-state index is 13.0. The third-order valence-electron chi connectivity index (χ3n) is 5.56. The van der Waals surface area contributed by atoms with Crippen molar-refractivity contribution in [1.29, 1.82) is 0 Å². The summed E-state index contributed by atoms with van der Waals surface area (Å²) in [5.41, 5.74) is 5.10. The van der Waals surface area contributed by atoms with E-state index in [0.29, 0.717) is 24.0 Å². The van der Waals surface area contributed by atoms with Gasteiger partial charge in [0, 0.05) is 19.3 Å². The minimum absolute atomic E-state index is 0.167. The van der Waals surface area contributed by atoms with Crippen molar-refractivity contribution in [3.05, 3.63) is 34.1 Å². The highest BCUT2D eigenvalue weighted by atomic mass is 16.5. The molecule has 0 bridgehead atoms. The largest absolute Gasteiger partial charge is 0.494 e. The molecule has 2 aliphatic carbocycles. The molecule has 2 heteroatoms. The molecule has 1 aliphatic heterocycles. The Morgan fingerprint density at radius 2 is 1.96 bits per heavy atom. The van der Waals surface area contributed by atoms with Gasteiger partial charge >= 0.3 is 0 Å². The molecule has 126 valence electrons. The monoisotopic (exact) mass is 314 g/mol. The van der Waals surface area contributed by atoms with Gasteiger partial charge in [-0.25, -0.2) is 0 Å². The van der Waals surface area contributed by atoms with Crippen LogP contribution >= 0.6 is 0 Å². The molecule has 2 nitrogen and oxygen atoms in total. The van der Waals surface area contributed by atoms with Gasteiger partial charge in [-0.1, -0.05) is 31.9 Å². The van der Waals surface area contributed by atoms with Crippen LogP contribution in [-0.2, 0) is 9.53 Å². The number of rotatable bonds is 3. The second-order valence-corrected chi connectivity index (χ2v) is 7.66. The molecule has 0 aromatic rings. The van der Waals surface area contributed by atoms with Gasteiger partial charge < -0.3 is 4.74 Å². The Balaban J connectivity index is 2.08. The van der Waals surface area contributed by atoms with Crippen LogP contribution in [0, 0.1) is 11.8 Å². The van der Waals surface area contributed by atoms with E-state index in [2.05, 4.69) is 33.8 Å². The van der Waals surface area contributed by atoms with Crippen molar-refractivity contribution in [3.8, 4) is 0 Å². The molecule has 3 aliphatic rings. The molecular formula is C21H30O2. The first-order chi connectivity index (χ1) is 11.0. The van der Waals surface area contributed by atoms with Crippen LogP contribution in [0.4, 0.5) is 0 Å². The molecule has 0 spiro atoms. The topological polar surface area (TPSA) is 26.3 Å². The Morgan fingerprint density at radius 1 is 1.17 bits per heavy atom. The fourth-order valence-electron chi connectivity index (χ4n) is 4.64. The lowest BCUT2D eigenvalue weighted by Crippen LogP contribution is -2.25. The third-order valence-corrected chi connectivity index (χ3v) is 5.56. The standard InChI is InChI=1S/C21H30O2/c1-5-7-15-11-18(22)21-19(12-15)23-14(4)10-17-9-13(3)8-16(6-2)20(17)21/h9,14-16H,5-8,10-12H2,1-4H3/t14-,15?,16-/m0/s1. The van der Waals surface area contributed by atoms with Gasteiger partial charge in [-0.3, -0.25) is 4.79 Å². The van der Waals surface area contributed by atoms with Crippen LogP contribution in [0.2, 0.25) is 0 Å². The predicted molar refractivity (Wildman–Crippen MR) is 94.0 cm³/mol. The van der Waals surface area contributed by atoms with Gasteiger partial charge in [0.25, 0.3) is 0 Å². The van der Waals surface area contributed by atoms with Crippen LogP contribution in [0.25, 0.3) is 0 Å². The summed E-state index contributed by atoms with van der Waals surface area (Å²) >= 11 is 0. The van der Waals surface area contributed by atoms with E-state index in [1.165, 1.54) is 16.7 Å². The molecule has 0 aromatic heterocycles. The van der Waals surface area contributed by atoms with E-state index in [4.69, 9.17) is 4.74 Å². The minimum Gasteiger partial charge on any atom is -0.494 e. The number of hydrogen-bond acceptors (Lipinski definition) is 2. The Kier molecular flexibility index (Phi) is 4.79. The first-order valence-corrected chi connectivity index (χ1v) is 9.37. The fraction of sp³-hybridized carbons (Fsp3) is 0.667.